The number of nitrogens with one attached hydrogen (secondary N) is 1. The first-order valence-electron chi connectivity index (χ1n) is 12.9. The van der Waals surface area contributed by atoms with Gasteiger partial charge < -0.3 is 20.7 Å². The molecule has 0 atom stereocenters. The Morgan fingerprint density at radius 2 is 1.85 bits per heavy atom. The van der Waals surface area contributed by atoms with Crippen LogP contribution in [0.2, 0.25) is 0 Å². The van der Waals surface area contributed by atoms with Crippen LogP contribution in [0.25, 0.3) is 22.3 Å². The molecular formula is C26H37N7O. The number of benzene rings is 1. The van der Waals surface area contributed by atoms with Crippen molar-refractivity contribution in [3.63, 3.8) is 0 Å². The van der Waals surface area contributed by atoms with Gasteiger partial charge in [0, 0.05) is 49.7 Å². The van der Waals surface area contributed by atoms with E-state index in [0.29, 0.717) is 17.9 Å². The summed E-state index contributed by atoms with van der Waals surface area (Å²) in [5.74, 6) is 1.27. The highest BCUT2D eigenvalue weighted by Gasteiger charge is 2.22. The Morgan fingerprint density at radius 1 is 1.09 bits per heavy atom. The molecule has 182 valence electrons. The molecule has 1 aliphatic heterocycles. The third-order valence-corrected chi connectivity index (χ3v) is 7.14. The van der Waals surface area contributed by atoms with Gasteiger partial charge in [0.1, 0.15) is 5.69 Å². The molecule has 0 amide bonds. The first kappa shape index (κ1) is 23.1. The average molecular weight is 464 g/mol. The van der Waals surface area contributed by atoms with Crippen LogP contribution in [0.1, 0.15) is 45.4 Å². The number of unbranched alkanes of at least 4 members (excludes halogenated alkanes) is 1. The Hall–Kier alpha value is -2.71. The third kappa shape index (κ3) is 5.18. The smallest absolute Gasteiger partial charge is 0.224 e. The fraction of sp³-hybridized carbons (Fsp3) is 0.577. The zero-order chi connectivity index (χ0) is 23.3. The van der Waals surface area contributed by atoms with Gasteiger partial charge in [0.25, 0.3) is 0 Å². The molecule has 0 bridgehead atoms. The van der Waals surface area contributed by atoms with Gasteiger partial charge in [0.2, 0.25) is 5.95 Å². The number of rotatable bonds is 8. The zero-order valence-electron chi connectivity index (χ0n) is 20.2. The number of anilines is 2. The van der Waals surface area contributed by atoms with Gasteiger partial charge >= 0.3 is 0 Å². The largest absolute Gasteiger partial charge is 0.378 e. The second-order valence-electron chi connectivity index (χ2n) is 9.67. The van der Waals surface area contributed by atoms with E-state index < -0.39 is 0 Å². The van der Waals surface area contributed by atoms with Gasteiger partial charge in [-0.1, -0.05) is 25.5 Å². The molecule has 1 saturated carbocycles. The number of morpholine rings is 1. The lowest BCUT2D eigenvalue weighted by atomic mass is 9.86. The van der Waals surface area contributed by atoms with Crippen molar-refractivity contribution in [2.75, 3.05) is 43.1 Å². The fourth-order valence-electron chi connectivity index (χ4n) is 5.03. The SMILES string of the molecule is CCCCNc1ncc2c(-c3ccc(N4CCOCC4)cc3)nn(C[C@H]3CC[C@H](N)CC3)c2n1. The van der Waals surface area contributed by atoms with E-state index in [4.69, 9.17) is 20.6 Å². The number of nitrogens with zero attached hydrogens (tertiary/aromatic N) is 5. The molecule has 2 fully saturated rings. The highest BCUT2D eigenvalue weighted by atomic mass is 16.5. The van der Waals surface area contributed by atoms with E-state index in [1.807, 2.05) is 6.20 Å². The predicted octanol–water partition coefficient (Wildman–Crippen LogP) is 4.06. The maximum absolute atomic E-state index is 6.14. The molecule has 3 N–H and O–H groups in total. The van der Waals surface area contributed by atoms with E-state index in [1.54, 1.807) is 0 Å². The standard InChI is InChI=1S/C26H37N7O/c1-2-3-12-28-26-29-17-23-24(20-6-10-22(11-7-20)32-13-15-34-16-14-32)31-33(25(23)30-26)18-19-4-8-21(27)9-5-19/h6-7,10-11,17,19,21H,2-5,8-9,12-16,18,27H2,1H3,(H,28,29,30)/t19-,21-. The van der Waals surface area contributed by atoms with E-state index >= 15 is 0 Å². The van der Waals surface area contributed by atoms with Gasteiger partial charge in [-0.3, -0.25) is 0 Å². The van der Waals surface area contributed by atoms with Crippen LogP contribution in [0.3, 0.4) is 0 Å². The predicted molar refractivity (Wildman–Crippen MR) is 137 cm³/mol. The van der Waals surface area contributed by atoms with Gasteiger partial charge in [-0.2, -0.15) is 10.1 Å². The summed E-state index contributed by atoms with van der Waals surface area (Å²) >= 11 is 0. The minimum Gasteiger partial charge on any atom is -0.378 e. The summed E-state index contributed by atoms with van der Waals surface area (Å²) in [6, 6.07) is 9.07. The van der Waals surface area contributed by atoms with Gasteiger partial charge in [0.05, 0.1) is 18.6 Å². The lowest BCUT2D eigenvalue weighted by Gasteiger charge is -2.28. The first-order valence-corrected chi connectivity index (χ1v) is 12.9. The normalized spacial score (nSPS) is 21.2. The Bertz CT molecular complexity index is 1070. The molecule has 2 aliphatic rings. The zero-order valence-corrected chi connectivity index (χ0v) is 20.2. The quantitative estimate of drug-likeness (QED) is 0.487. The van der Waals surface area contributed by atoms with Crippen molar-refractivity contribution in [3.05, 3.63) is 30.5 Å². The van der Waals surface area contributed by atoms with Crippen molar-refractivity contribution in [1.29, 1.82) is 0 Å². The van der Waals surface area contributed by atoms with Gasteiger partial charge in [0.15, 0.2) is 5.65 Å². The number of aromatic nitrogens is 4. The van der Waals surface area contributed by atoms with Crippen molar-refractivity contribution >= 4 is 22.7 Å². The maximum Gasteiger partial charge on any atom is 0.224 e. The Balaban J connectivity index is 1.44. The minimum absolute atomic E-state index is 0.350. The van der Waals surface area contributed by atoms with E-state index in [0.717, 1.165) is 100 Å². The summed E-state index contributed by atoms with van der Waals surface area (Å²) in [4.78, 5) is 11.9. The molecular weight excluding hydrogens is 426 g/mol. The van der Waals surface area contributed by atoms with Crippen molar-refractivity contribution in [1.82, 2.24) is 19.7 Å². The molecule has 3 heterocycles. The molecule has 2 aromatic heterocycles. The second-order valence-corrected chi connectivity index (χ2v) is 9.67. The highest BCUT2D eigenvalue weighted by Crippen LogP contribution is 2.31. The molecule has 1 aromatic carbocycles. The highest BCUT2D eigenvalue weighted by molar-refractivity contribution is 5.91. The van der Waals surface area contributed by atoms with Crippen molar-refractivity contribution in [2.45, 2.75) is 58.0 Å². The van der Waals surface area contributed by atoms with Crippen LogP contribution in [-0.2, 0) is 11.3 Å². The van der Waals surface area contributed by atoms with E-state index in [2.05, 4.69) is 51.1 Å². The van der Waals surface area contributed by atoms with Crippen LogP contribution in [-0.4, -0.2) is 58.6 Å². The summed E-state index contributed by atoms with van der Waals surface area (Å²) in [6.45, 7) is 7.39. The van der Waals surface area contributed by atoms with Crippen molar-refractivity contribution in [3.8, 4) is 11.3 Å². The molecule has 0 radical (unpaired) electrons. The molecule has 8 heteroatoms. The molecule has 34 heavy (non-hydrogen) atoms. The lowest BCUT2D eigenvalue weighted by molar-refractivity contribution is 0.122. The van der Waals surface area contributed by atoms with Crippen molar-refractivity contribution in [2.24, 2.45) is 11.7 Å². The van der Waals surface area contributed by atoms with Gasteiger partial charge in [-0.15, -0.1) is 0 Å². The Kier molecular flexibility index (Phi) is 7.25. The topological polar surface area (TPSA) is 94.1 Å². The average Bonchev–Trinajstić information content (AvgIpc) is 3.24. The molecule has 1 saturated heterocycles. The van der Waals surface area contributed by atoms with E-state index in [1.165, 1.54) is 5.69 Å². The van der Waals surface area contributed by atoms with Crippen LogP contribution >= 0.6 is 0 Å². The lowest BCUT2D eigenvalue weighted by Crippen LogP contribution is -2.36. The van der Waals surface area contributed by atoms with Crippen LogP contribution in [0.15, 0.2) is 30.5 Å². The monoisotopic (exact) mass is 463 g/mol. The Morgan fingerprint density at radius 3 is 2.59 bits per heavy atom. The van der Waals surface area contributed by atoms with Crippen LogP contribution in [0.5, 0.6) is 0 Å². The number of hydrogen-bond donors (Lipinski definition) is 2. The molecule has 1 aliphatic carbocycles. The summed E-state index contributed by atoms with van der Waals surface area (Å²) in [5, 5.41) is 9.45. The van der Waals surface area contributed by atoms with E-state index in [9.17, 15) is 0 Å². The van der Waals surface area contributed by atoms with Crippen LogP contribution in [0, 0.1) is 5.92 Å². The maximum atomic E-state index is 6.14. The fourth-order valence-corrected chi connectivity index (χ4v) is 5.03. The molecule has 0 spiro atoms. The third-order valence-electron chi connectivity index (χ3n) is 7.14. The summed E-state index contributed by atoms with van der Waals surface area (Å²) in [7, 11) is 0. The van der Waals surface area contributed by atoms with Gasteiger partial charge in [-0.25, -0.2) is 9.67 Å². The molecule has 0 unspecified atom stereocenters. The summed E-state index contributed by atoms with van der Waals surface area (Å²) in [5.41, 5.74) is 10.3. The molecule has 8 nitrogen and oxygen atoms in total. The summed E-state index contributed by atoms with van der Waals surface area (Å²) in [6.07, 6.45) is 8.67. The second kappa shape index (κ2) is 10.7. The molecule has 3 aromatic rings. The Labute approximate surface area is 201 Å². The molecule has 5 rings (SSSR count). The number of hydrogen-bond acceptors (Lipinski definition) is 7. The number of fused-ring (bicyclic) bond motifs is 1. The van der Waals surface area contributed by atoms with Crippen LogP contribution < -0.4 is 16.0 Å². The number of nitrogens with two attached hydrogens (primary N) is 1. The number of ether oxygens (including phenoxy) is 1. The minimum atomic E-state index is 0.350. The van der Waals surface area contributed by atoms with Gasteiger partial charge in [-0.05, 0) is 50.2 Å². The first-order chi connectivity index (χ1) is 16.7. The van der Waals surface area contributed by atoms with E-state index in [-0.39, 0.29) is 0 Å². The summed E-state index contributed by atoms with van der Waals surface area (Å²) < 4.78 is 7.60. The van der Waals surface area contributed by atoms with Crippen molar-refractivity contribution < 1.29 is 4.74 Å². The van der Waals surface area contributed by atoms with Crippen LogP contribution in [0.4, 0.5) is 11.6 Å².